The number of halogens is 1. The minimum absolute atomic E-state index is 0.0495. The Morgan fingerprint density at radius 1 is 1.12 bits per heavy atom. The molecule has 5 rings (SSSR count). The normalized spacial score (nSPS) is 17.8. The summed E-state index contributed by atoms with van der Waals surface area (Å²) in [5.74, 6) is 2.01. The Bertz CT molecular complexity index is 1210. The predicted octanol–water partition coefficient (Wildman–Crippen LogP) is 5.31. The molecule has 2 aromatic carbocycles. The predicted molar refractivity (Wildman–Crippen MR) is 130 cm³/mol. The summed E-state index contributed by atoms with van der Waals surface area (Å²) in [5, 5.41) is 12.4. The van der Waals surface area contributed by atoms with Gasteiger partial charge in [-0.1, -0.05) is 42.6 Å². The Balaban J connectivity index is 1.71. The topological polar surface area (TPSA) is 72.2 Å². The van der Waals surface area contributed by atoms with Gasteiger partial charge in [0.05, 0.1) is 17.8 Å². The van der Waals surface area contributed by atoms with E-state index in [1.807, 2.05) is 38.1 Å². The van der Waals surface area contributed by atoms with Crippen LogP contribution in [0.4, 0.5) is 0 Å². The van der Waals surface area contributed by atoms with Gasteiger partial charge in [0.15, 0.2) is 5.82 Å². The number of aromatic nitrogens is 3. The Morgan fingerprint density at radius 3 is 2.61 bits per heavy atom. The number of hydrogen-bond acceptors (Lipinski definition) is 4. The van der Waals surface area contributed by atoms with Crippen molar-refractivity contribution < 1.29 is 4.79 Å². The standard InChI is InChI=1S/C26H28ClN5O/c1-3-28-24(33)15-22-26-31-30-16(2)32(26)23-13-10-19(17-6-4-5-7-17)14-21(23)25(29-22)18-8-11-20(27)12-9-18/h8-14,17,22H,3-7,15H2,1-2H3,(H,28,33). The maximum atomic E-state index is 12.6. The largest absolute Gasteiger partial charge is 0.356 e. The highest BCUT2D eigenvalue weighted by molar-refractivity contribution is 6.30. The maximum Gasteiger partial charge on any atom is 0.222 e. The number of aryl methyl sites for hydroxylation is 1. The van der Waals surface area contributed by atoms with Gasteiger partial charge in [0.1, 0.15) is 11.9 Å². The number of nitrogens with zero attached hydrogens (tertiary/aromatic N) is 4. The van der Waals surface area contributed by atoms with Crippen molar-refractivity contribution in [3.63, 3.8) is 0 Å². The fourth-order valence-corrected chi connectivity index (χ4v) is 5.17. The molecular formula is C26H28ClN5O. The molecular weight excluding hydrogens is 434 g/mol. The molecule has 1 N–H and O–H groups in total. The van der Waals surface area contributed by atoms with Gasteiger partial charge in [0.2, 0.25) is 5.91 Å². The fourth-order valence-electron chi connectivity index (χ4n) is 5.05. The number of aliphatic imine (C=N–C) groups is 1. The maximum absolute atomic E-state index is 12.6. The summed E-state index contributed by atoms with van der Waals surface area (Å²) in [6.07, 6.45) is 5.23. The molecule has 170 valence electrons. The van der Waals surface area contributed by atoms with Crippen molar-refractivity contribution >= 4 is 23.2 Å². The lowest BCUT2D eigenvalue weighted by Gasteiger charge is -2.17. The van der Waals surface area contributed by atoms with E-state index in [-0.39, 0.29) is 12.3 Å². The van der Waals surface area contributed by atoms with Gasteiger partial charge in [0, 0.05) is 22.7 Å². The molecule has 1 atom stereocenters. The van der Waals surface area contributed by atoms with E-state index in [1.54, 1.807) is 0 Å². The van der Waals surface area contributed by atoms with Crippen LogP contribution in [0.5, 0.6) is 0 Å². The second-order valence-corrected chi connectivity index (χ2v) is 9.29. The van der Waals surface area contributed by atoms with Crippen molar-refractivity contribution in [2.45, 2.75) is 57.9 Å². The molecule has 1 aliphatic heterocycles. The monoisotopic (exact) mass is 461 g/mol. The highest BCUT2D eigenvalue weighted by Crippen LogP contribution is 2.38. The van der Waals surface area contributed by atoms with E-state index >= 15 is 0 Å². The quantitative estimate of drug-likeness (QED) is 0.560. The van der Waals surface area contributed by atoms with Crippen LogP contribution >= 0.6 is 11.6 Å². The van der Waals surface area contributed by atoms with Gasteiger partial charge in [0.25, 0.3) is 0 Å². The summed E-state index contributed by atoms with van der Waals surface area (Å²) in [6, 6.07) is 14.0. The van der Waals surface area contributed by atoms with Crippen molar-refractivity contribution in [3.8, 4) is 5.69 Å². The molecule has 0 spiro atoms. The van der Waals surface area contributed by atoms with Gasteiger partial charge < -0.3 is 5.32 Å². The van der Waals surface area contributed by atoms with Crippen LogP contribution in [0.2, 0.25) is 5.02 Å². The first-order valence-corrected chi connectivity index (χ1v) is 12.1. The molecule has 7 heteroatoms. The lowest BCUT2D eigenvalue weighted by Crippen LogP contribution is -2.25. The zero-order valence-electron chi connectivity index (χ0n) is 19.0. The minimum Gasteiger partial charge on any atom is -0.356 e. The molecule has 0 radical (unpaired) electrons. The Kier molecular flexibility index (Phi) is 6.02. The van der Waals surface area contributed by atoms with E-state index in [2.05, 4.69) is 38.3 Å². The van der Waals surface area contributed by atoms with E-state index in [1.165, 1.54) is 31.2 Å². The zero-order valence-corrected chi connectivity index (χ0v) is 19.8. The Labute approximate surface area is 199 Å². The lowest BCUT2D eigenvalue weighted by atomic mass is 9.92. The Morgan fingerprint density at radius 2 is 1.88 bits per heavy atom. The van der Waals surface area contributed by atoms with Gasteiger partial charge in [-0.05, 0) is 62.4 Å². The summed E-state index contributed by atoms with van der Waals surface area (Å²) in [5.41, 5.74) is 5.23. The van der Waals surface area contributed by atoms with Crippen molar-refractivity contribution in [1.29, 1.82) is 0 Å². The number of fused-ring (bicyclic) bond motifs is 3. The molecule has 2 aliphatic rings. The smallest absolute Gasteiger partial charge is 0.222 e. The van der Waals surface area contributed by atoms with Gasteiger partial charge >= 0.3 is 0 Å². The van der Waals surface area contributed by atoms with Crippen LogP contribution in [-0.2, 0) is 4.79 Å². The summed E-state index contributed by atoms with van der Waals surface area (Å²) in [7, 11) is 0. The molecule has 2 heterocycles. The first-order valence-electron chi connectivity index (χ1n) is 11.7. The molecule has 1 unspecified atom stereocenters. The highest BCUT2D eigenvalue weighted by atomic mass is 35.5. The average Bonchev–Trinajstić information content (AvgIpc) is 3.45. The van der Waals surface area contributed by atoms with Crippen LogP contribution in [0.3, 0.4) is 0 Å². The third-order valence-corrected chi connectivity index (χ3v) is 6.90. The molecule has 1 aromatic heterocycles. The molecule has 3 aromatic rings. The molecule has 0 bridgehead atoms. The number of carbonyl (C=O) groups excluding carboxylic acids is 1. The van der Waals surface area contributed by atoms with E-state index in [0.717, 1.165) is 28.4 Å². The summed E-state index contributed by atoms with van der Waals surface area (Å²) in [4.78, 5) is 17.7. The molecule has 33 heavy (non-hydrogen) atoms. The summed E-state index contributed by atoms with van der Waals surface area (Å²) in [6.45, 7) is 4.44. The van der Waals surface area contributed by atoms with Gasteiger partial charge in [-0.3, -0.25) is 14.4 Å². The molecule has 1 saturated carbocycles. The molecule has 6 nitrogen and oxygen atoms in total. The second kappa shape index (κ2) is 9.10. The van der Waals surface area contributed by atoms with Crippen LogP contribution in [0.1, 0.15) is 79.3 Å². The third kappa shape index (κ3) is 4.20. The second-order valence-electron chi connectivity index (χ2n) is 8.86. The van der Waals surface area contributed by atoms with Crippen LogP contribution in [0, 0.1) is 6.92 Å². The van der Waals surface area contributed by atoms with E-state index < -0.39 is 6.04 Å². The van der Waals surface area contributed by atoms with Crippen molar-refractivity contribution in [2.24, 2.45) is 4.99 Å². The molecule has 1 amide bonds. The number of nitrogens with one attached hydrogen (secondary N) is 1. The summed E-state index contributed by atoms with van der Waals surface area (Å²) >= 11 is 6.19. The van der Waals surface area contributed by atoms with E-state index in [0.29, 0.717) is 23.3 Å². The SMILES string of the molecule is CCNC(=O)CC1N=C(c2ccc(Cl)cc2)c2cc(C3CCCC3)ccc2-n2c(C)nnc21. The molecule has 0 saturated heterocycles. The van der Waals surface area contributed by atoms with Crippen molar-refractivity contribution in [1.82, 2.24) is 20.1 Å². The van der Waals surface area contributed by atoms with Crippen LogP contribution in [0.25, 0.3) is 5.69 Å². The van der Waals surface area contributed by atoms with Gasteiger partial charge in [-0.15, -0.1) is 10.2 Å². The van der Waals surface area contributed by atoms with Crippen LogP contribution in [0.15, 0.2) is 47.5 Å². The van der Waals surface area contributed by atoms with E-state index in [9.17, 15) is 4.79 Å². The minimum atomic E-state index is -0.439. The van der Waals surface area contributed by atoms with Gasteiger partial charge in [-0.25, -0.2) is 0 Å². The van der Waals surface area contributed by atoms with Crippen LogP contribution in [-0.4, -0.2) is 32.9 Å². The lowest BCUT2D eigenvalue weighted by molar-refractivity contribution is -0.121. The number of rotatable bonds is 5. The van der Waals surface area contributed by atoms with Gasteiger partial charge in [-0.2, -0.15) is 0 Å². The zero-order chi connectivity index (χ0) is 22.9. The number of carbonyl (C=O) groups is 1. The average molecular weight is 462 g/mol. The summed E-state index contributed by atoms with van der Waals surface area (Å²) < 4.78 is 2.06. The first kappa shape index (κ1) is 21.8. The third-order valence-electron chi connectivity index (χ3n) is 6.65. The number of hydrogen-bond donors (Lipinski definition) is 1. The van der Waals surface area contributed by atoms with Crippen molar-refractivity contribution in [2.75, 3.05) is 6.54 Å². The first-order chi connectivity index (χ1) is 16.0. The van der Waals surface area contributed by atoms with E-state index in [4.69, 9.17) is 16.6 Å². The fraction of sp³-hybridized carbons (Fsp3) is 0.385. The molecule has 1 aliphatic carbocycles. The highest BCUT2D eigenvalue weighted by Gasteiger charge is 2.30. The number of amides is 1. The van der Waals surface area contributed by atoms with Crippen LogP contribution < -0.4 is 5.32 Å². The Hall–Kier alpha value is -2.99. The number of benzene rings is 2. The van der Waals surface area contributed by atoms with Crippen molar-refractivity contribution in [3.05, 3.63) is 75.8 Å². The molecule has 1 fully saturated rings.